The quantitative estimate of drug-likeness (QED) is 0.413. The smallest absolute Gasteiger partial charge is 0.280 e. The molecule has 164 valence electrons. The topological polar surface area (TPSA) is 106 Å². The number of aliphatic imine (C=N–C) groups is 1. The molecule has 2 N–H and O–H groups in total. The number of nitrogens with two attached hydrogens (primary N) is 1. The fraction of sp³-hybridized carbons (Fsp3) is 0.381. The summed E-state index contributed by atoms with van der Waals surface area (Å²) in [5.74, 6) is 5.93. The number of hydrogen-bond donors (Lipinski definition) is 1. The summed E-state index contributed by atoms with van der Waals surface area (Å²) in [5.41, 5.74) is 3.00. The number of hydrogen-bond acceptors (Lipinski definition) is 7. The third kappa shape index (κ3) is 5.59. The van der Waals surface area contributed by atoms with Crippen molar-refractivity contribution in [3.8, 4) is 5.88 Å². The second kappa shape index (κ2) is 10.1. The predicted molar refractivity (Wildman–Crippen MR) is 113 cm³/mol. The van der Waals surface area contributed by atoms with E-state index in [0.29, 0.717) is 42.5 Å². The van der Waals surface area contributed by atoms with Gasteiger partial charge in [-0.25, -0.2) is 18.8 Å². The van der Waals surface area contributed by atoms with Gasteiger partial charge in [0.15, 0.2) is 0 Å². The van der Waals surface area contributed by atoms with E-state index in [1.54, 1.807) is 13.1 Å². The Kier molecular flexibility index (Phi) is 7.22. The summed E-state index contributed by atoms with van der Waals surface area (Å²) in [6.45, 7) is 4.76. The number of fused-ring (bicyclic) bond motifs is 1. The van der Waals surface area contributed by atoms with Crippen LogP contribution in [0.3, 0.4) is 0 Å². The Hall–Kier alpha value is -3.43. The maximum absolute atomic E-state index is 12.7. The zero-order valence-corrected chi connectivity index (χ0v) is 17.4. The van der Waals surface area contributed by atoms with Crippen LogP contribution in [0.25, 0.3) is 0 Å². The molecule has 2 aromatic rings. The number of rotatable bonds is 7. The normalized spacial score (nSPS) is 14.5. The van der Waals surface area contributed by atoms with Gasteiger partial charge >= 0.3 is 0 Å². The first-order chi connectivity index (χ1) is 14.9. The Bertz CT molecular complexity index is 992. The number of amides is 1. The molecule has 8 nitrogen and oxygen atoms in total. The SMILES string of the molecule is CCC(=O)N1CCc2cc(OCC(=Nc3ccc(C(F)F)nc3)/C(C)=N\N)ncc2C1. The molecule has 3 heterocycles. The van der Waals surface area contributed by atoms with Crippen molar-refractivity contribution in [1.29, 1.82) is 0 Å². The van der Waals surface area contributed by atoms with E-state index in [1.165, 1.54) is 18.3 Å². The van der Waals surface area contributed by atoms with E-state index in [9.17, 15) is 13.6 Å². The number of ether oxygens (including phenoxy) is 1. The zero-order valence-electron chi connectivity index (χ0n) is 17.4. The van der Waals surface area contributed by atoms with Crippen LogP contribution < -0.4 is 10.6 Å². The molecule has 0 aliphatic carbocycles. The molecule has 2 aromatic heterocycles. The molecule has 0 saturated heterocycles. The van der Waals surface area contributed by atoms with E-state index in [1.807, 2.05) is 17.9 Å². The van der Waals surface area contributed by atoms with Crippen molar-refractivity contribution in [3.05, 3.63) is 47.4 Å². The van der Waals surface area contributed by atoms with Gasteiger partial charge in [0, 0.05) is 31.8 Å². The van der Waals surface area contributed by atoms with E-state index >= 15 is 0 Å². The van der Waals surface area contributed by atoms with E-state index < -0.39 is 6.43 Å². The lowest BCUT2D eigenvalue weighted by Gasteiger charge is -2.28. The summed E-state index contributed by atoms with van der Waals surface area (Å²) in [7, 11) is 0. The summed E-state index contributed by atoms with van der Waals surface area (Å²) in [5, 5.41) is 3.65. The Morgan fingerprint density at radius 1 is 1.29 bits per heavy atom. The highest BCUT2D eigenvalue weighted by molar-refractivity contribution is 6.42. The van der Waals surface area contributed by atoms with Gasteiger partial charge in [0.2, 0.25) is 11.8 Å². The first-order valence-corrected chi connectivity index (χ1v) is 9.86. The van der Waals surface area contributed by atoms with E-state index in [0.717, 1.165) is 17.5 Å². The summed E-state index contributed by atoms with van der Waals surface area (Å²) < 4.78 is 31.1. The molecule has 0 fully saturated rings. The third-order valence-corrected chi connectivity index (χ3v) is 4.95. The van der Waals surface area contributed by atoms with E-state index in [2.05, 4.69) is 20.1 Å². The number of aromatic nitrogens is 2. The molecule has 1 aliphatic heterocycles. The van der Waals surface area contributed by atoms with Crippen LogP contribution in [0.1, 0.15) is 43.5 Å². The molecule has 0 atom stereocenters. The van der Waals surface area contributed by atoms with E-state index in [4.69, 9.17) is 10.6 Å². The van der Waals surface area contributed by atoms with E-state index in [-0.39, 0.29) is 18.2 Å². The number of pyridine rings is 2. The second-order valence-electron chi connectivity index (χ2n) is 7.01. The Labute approximate surface area is 178 Å². The first-order valence-electron chi connectivity index (χ1n) is 9.86. The summed E-state index contributed by atoms with van der Waals surface area (Å²) in [6.07, 6.45) is 1.54. The average molecular weight is 430 g/mol. The number of alkyl halides is 2. The molecule has 0 bridgehead atoms. The van der Waals surface area contributed by atoms with Crippen LogP contribution in [-0.4, -0.2) is 45.4 Å². The second-order valence-corrected chi connectivity index (χ2v) is 7.01. The van der Waals surface area contributed by atoms with Crippen LogP contribution in [0.5, 0.6) is 5.88 Å². The van der Waals surface area contributed by atoms with Crippen molar-refractivity contribution in [2.24, 2.45) is 15.9 Å². The molecular formula is C21H24F2N6O2. The number of nitrogens with zero attached hydrogens (tertiary/aromatic N) is 5. The molecule has 3 rings (SSSR count). The van der Waals surface area contributed by atoms with Crippen LogP contribution in [0.4, 0.5) is 14.5 Å². The van der Waals surface area contributed by atoms with Crippen molar-refractivity contribution in [3.63, 3.8) is 0 Å². The zero-order chi connectivity index (χ0) is 22.4. The highest BCUT2D eigenvalue weighted by atomic mass is 19.3. The maximum Gasteiger partial charge on any atom is 0.280 e. The molecule has 0 spiro atoms. The van der Waals surface area contributed by atoms with Crippen LogP contribution in [-0.2, 0) is 17.8 Å². The maximum atomic E-state index is 12.7. The van der Waals surface area contributed by atoms with Crippen molar-refractivity contribution >= 4 is 23.0 Å². The van der Waals surface area contributed by atoms with Gasteiger partial charge in [0.05, 0.1) is 17.6 Å². The van der Waals surface area contributed by atoms with Gasteiger partial charge in [-0.05, 0) is 36.6 Å². The molecule has 0 saturated carbocycles. The Morgan fingerprint density at radius 2 is 2.10 bits per heavy atom. The summed E-state index contributed by atoms with van der Waals surface area (Å²) in [6, 6.07) is 4.52. The largest absolute Gasteiger partial charge is 0.471 e. The number of hydrazone groups is 1. The Morgan fingerprint density at radius 3 is 2.74 bits per heavy atom. The fourth-order valence-electron chi connectivity index (χ4n) is 3.12. The van der Waals surface area contributed by atoms with Gasteiger partial charge in [-0.1, -0.05) is 6.92 Å². The van der Waals surface area contributed by atoms with Gasteiger partial charge < -0.3 is 15.5 Å². The van der Waals surface area contributed by atoms with Gasteiger partial charge in [0.1, 0.15) is 18.0 Å². The molecule has 1 amide bonds. The van der Waals surface area contributed by atoms with Crippen molar-refractivity contribution in [1.82, 2.24) is 14.9 Å². The summed E-state index contributed by atoms with van der Waals surface area (Å²) in [4.78, 5) is 26.1. The summed E-state index contributed by atoms with van der Waals surface area (Å²) >= 11 is 0. The fourth-order valence-corrected chi connectivity index (χ4v) is 3.12. The lowest BCUT2D eigenvalue weighted by molar-refractivity contribution is -0.131. The number of halogens is 2. The lowest BCUT2D eigenvalue weighted by atomic mass is 10.0. The van der Waals surface area contributed by atoms with Crippen LogP contribution >= 0.6 is 0 Å². The average Bonchev–Trinajstić information content (AvgIpc) is 2.80. The van der Waals surface area contributed by atoms with Crippen molar-refractivity contribution in [2.45, 2.75) is 39.7 Å². The molecular weight excluding hydrogens is 406 g/mol. The van der Waals surface area contributed by atoms with Crippen LogP contribution in [0.2, 0.25) is 0 Å². The predicted octanol–water partition coefficient (Wildman–Crippen LogP) is 3.20. The highest BCUT2D eigenvalue weighted by Crippen LogP contribution is 2.23. The molecule has 10 heteroatoms. The molecule has 31 heavy (non-hydrogen) atoms. The minimum atomic E-state index is -2.64. The molecule has 0 unspecified atom stereocenters. The molecule has 1 aliphatic rings. The highest BCUT2D eigenvalue weighted by Gasteiger charge is 2.20. The van der Waals surface area contributed by atoms with Crippen molar-refractivity contribution < 1.29 is 18.3 Å². The Balaban J connectivity index is 1.72. The number of carbonyl (C=O) groups excluding carboxylic acids is 1. The minimum absolute atomic E-state index is 0.0371. The van der Waals surface area contributed by atoms with Crippen LogP contribution in [0, 0.1) is 0 Å². The lowest BCUT2D eigenvalue weighted by Crippen LogP contribution is -2.35. The standard InChI is InChI=1S/C21H24F2N6O2/c1-3-20(30)29-7-6-14-8-19(26-9-15(14)11-29)31-12-18(13(2)28-24)27-16-4-5-17(21(22)23)25-10-16/h4-5,8-10,21H,3,6-7,11-12,24H2,1-2H3/b27-18?,28-13-. The van der Waals surface area contributed by atoms with Gasteiger partial charge in [0.25, 0.3) is 6.43 Å². The molecule has 0 radical (unpaired) electrons. The monoisotopic (exact) mass is 430 g/mol. The van der Waals surface area contributed by atoms with Crippen LogP contribution in [0.15, 0.2) is 40.7 Å². The van der Waals surface area contributed by atoms with Gasteiger partial charge in [-0.15, -0.1) is 0 Å². The van der Waals surface area contributed by atoms with Gasteiger partial charge in [-0.2, -0.15) is 5.10 Å². The van der Waals surface area contributed by atoms with Gasteiger partial charge in [-0.3, -0.25) is 9.78 Å². The number of carbonyl (C=O) groups is 1. The molecule has 0 aromatic carbocycles. The minimum Gasteiger partial charge on any atom is -0.471 e. The third-order valence-electron chi connectivity index (χ3n) is 4.95. The van der Waals surface area contributed by atoms with Crippen molar-refractivity contribution in [2.75, 3.05) is 13.2 Å². The first kappa shape index (κ1) is 22.3.